The molecule has 0 aliphatic heterocycles. The molecule has 0 atom stereocenters. The van der Waals surface area contributed by atoms with Crippen LogP contribution in [0.4, 0.5) is 0 Å². The number of hydrogen-bond acceptors (Lipinski definition) is 3. The van der Waals surface area contributed by atoms with Gasteiger partial charge >= 0.3 is 0 Å². The maximum Gasteiger partial charge on any atom is 0.138 e. The number of methoxy groups -OCH3 is 1. The van der Waals surface area contributed by atoms with Gasteiger partial charge in [0.2, 0.25) is 0 Å². The van der Waals surface area contributed by atoms with Gasteiger partial charge in [-0.15, -0.1) is 0 Å². The van der Waals surface area contributed by atoms with Crippen molar-refractivity contribution in [3.05, 3.63) is 79.0 Å². The number of nitrogens with zero attached hydrogens (tertiary/aromatic N) is 2. The Morgan fingerprint density at radius 1 is 0.875 bits per heavy atom. The van der Waals surface area contributed by atoms with E-state index < -0.39 is 0 Å². The first kappa shape index (κ1) is 14.8. The second kappa shape index (κ2) is 6.42. The Hall–Kier alpha value is -2.72. The van der Waals surface area contributed by atoms with E-state index in [-0.39, 0.29) is 0 Å². The molecule has 0 N–H and O–H groups in total. The summed E-state index contributed by atoms with van der Waals surface area (Å²) in [4.78, 5) is 5.98. The SMILES string of the molecule is COc1ccc(Sc2c(-c3ccccc3)nc3ccccn23)cc1. The molecule has 2 aromatic heterocycles. The zero-order valence-corrected chi connectivity index (χ0v) is 14.0. The third-order valence-corrected chi connectivity index (χ3v) is 4.90. The van der Waals surface area contributed by atoms with Gasteiger partial charge in [-0.3, -0.25) is 4.40 Å². The number of pyridine rings is 1. The van der Waals surface area contributed by atoms with Gasteiger partial charge in [-0.2, -0.15) is 0 Å². The smallest absolute Gasteiger partial charge is 0.138 e. The summed E-state index contributed by atoms with van der Waals surface area (Å²) in [7, 11) is 1.68. The molecule has 24 heavy (non-hydrogen) atoms. The molecule has 0 fully saturated rings. The predicted molar refractivity (Wildman–Crippen MR) is 97.7 cm³/mol. The zero-order chi connectivity index (χ0) is 16.4. The summed E-state index contributed by atoms with van der Waals surface area (Å²) in [5.41, 5.74) is 3.08. The lowest BCUT2D eigenvalue weighted by Crippen LogP contribution is -1.87. The van der Waals surface area contributed by atoms with E-state index in [2.05, 4.69) is 34.9 Å². The van der Waals surface area contributed by atoms with E-state index >= 15 is 0 Å². The van der Waals surface area contributed by atoms with Crippen LogP contribution in [0.5, 0.6) is 5.75 Å². The molecule has 0 saturated carbocycles. The summed E-state index contributed by atoms with van der Waals surface area (Å²) >= 11 is 1.71. The number of aromatic nitrogens is 2. The molecule has 118 valence electrons. The van der Waals surface area contributed by atoms with Gasteiger partial charge in [0.05, 0.1) is 7.11 Å². The molecule has 0 amide bonds. The minimum Gasteiger partial charge on any atom is -0.497 e. The molecule has 4 rings (SSSR count). The fourth-order valence-electron chi connectivity index (χ4n) is 2.61. The Morgan fingerprint density at radius 2 is 1.62 bits per heavy atom. The predicted octanol–water partition coefficient (Wildman–Crippen LogP) is 5.16. The maximum atomic E-state index is 5.24. The highest BCUT2D eigenvalue weighted by Gasteiger charge is 2.15. The number of ether oxygens (including phenoxy) is 1. The molecule has 2 heterocycles. The number of fused-ring (bicyclic) bond motifs is 1. The van der Waals surface area contributed by atoms with Crippen molar-refractivity contribution in [3.63, 3.8) is 0 Å². The Bertz CT molecular complexity index is 962. The van der Waals surface area contributed by atoms with E-state index in [4.69, 9.17) is 9.72 Å². The lowest BCUT2D eigenvalue weighted by molar-refractivity contribution is 0.414. The normalized spacial score (nSPS) is 10.9. The highest BCUT2D eigenvalue weighted by atomic mass is 32.2. The topological polar surface area (TPSA) is 26.5 Å². The molecular weight excluding hydrogens is 316 g/mol. The Balaban J connectivity index is 1.83. The molecule has 2 aromatic carbocycles. The molecule has 0 aliphatic rings. The van der Waals surface area contributed by atoms with Crippen molar-refractivity contribution in [2.75, 3.05) is 7.11 Å². The summed E-state index contributed by atoms with van der Waals surface area (Å²) in [6.45, 7) is 0. The minimum absolute atomic E-state index is 0.862. The van der Waals surface area contributed by atoms with Crippen molar-refractivity contribution in [1.82, 2.24) is 9.38 Å². The van der Waals surface area contributed by atoms with Gasteiger partial charge in [-0.05, 0) is 36.4 Å². The Labute approximate surface area is 144 Å². The van der Waals surface area contributed by atoms with Crippen molar-refractivity contribution in [1.29, 1.82) is 0 Å². The minimum atomic E-state index is 0.862. The van der Waals surface area contributed by atoms with E-state index in [0.29, 0.717) is 0 Å². The first-order valence-corrected chi connectivity index (χ1v) is 8.51. The number of imidazole rings is 1. The van der Waals surface area contributed by atoms with Crippen LogP contribution in [0.1, 0.15) is 0 Å². The van der Waals surface area contributed by atoms with Crippen molar-refractivity contribution < 1.29 is 4.74 Å². The second-order valence-corrected chi connectivity index (χ2v) is 6.40. The highest BCUT2D eigenvalue weighted by molar-refractivity contribution is 7.99. The number of rotatable bonds is 4. The molecule has 0 spiro atoms. The van der Waals surface area contributed by atoms with Crippen LogP contribution in [-0.2, 0) is 0 Å². The lowest BCUT2D eigenvalue weighted by Gasteiger charge is -2.06. The quantitative estimate of drug-likeness (QED) is 0.516. The van der Waals surface area contributed by atoms with Gasteiger partial charge in [0.1, 0.15) is 22.1 Å². The monoisotopic (exact) mass is 332 g/mol. The molecular formula is C20H16N2OS. The average Bonchev–Trinajstić information content (AvgIpc) is 3.02. The largest absolute Gasteiger partial charge is 0.497 e. The van der Waals surface area contributed by atoms with Gasteiger partial charge in [-0.25, -0.2) is 4.98 Å². The lowest BCUT2D eigenvalue weighted by atomic mass is 10.2. The van der Waals surface area contributed by atoms with Crippen molar-refractivity contribution >= 4 is 17.4 Å². The summed E-state index contributed by atoms with van der Waals surface area (Å²) in [5, 5.41) is 1.11. The maximum absolute atomic E-state index is 5.24. The van der Waals surface area contributed by atoms with Crippen LogP contribution in [0.15, 0.2) is 88.9 Å². The van der Waals surface area contributed by atoms with Crippen LogP contribution >= 0.6 is 11.8 Å². The standard InChI is InChI=1S/C20H16N2OS/c1-23-16-10-12-17(13-11-16)24-20-19(15-7-3-2-4-8-15)21-18-9-5-6-14-22(18)20/h2-14H,1H3. The van der Waals surface area contributed by atoms with Gasteiger partial charge in [-0.1, -0.05) is 48.2 Å². The molecule has 0 radical (unpaired) electrons. The summed E-state index contributed by atoms with van der Waals surface area (Å²) in [5.74, 6) is 0.862. The average molecular weight is 332 g/mol. The summed E-state index contributed by atoms with van der Waals surface area (Å²) < 4.78 is 7.38. The number of hydrogen-bond donors (Lipinski definition) is 0. The second-order valence-electron chi connectivity index (χ2n) is 5.34. The van der Waals surface area contributed by atoms with Crippen LogP contribution in [-0.4, -0.2) is 16.5 Å². The molecule has 4 aromatic rings. The van der Waals surface area contributed by atoms with Gasteiger partial charge in [0.25, 0.3) is 0 Å². The molecule has 0 unspecified atom stereocenters. The zero-order valence-electron chi connectivity index (χ0n) is 13.2. The third-order valence-electron chi connectivity index (χ3n) is 3.81. The fraction of sp³-hybridized carbons (Fsp3) is 0.0500. The van der Waals surface area contributed by atoms with E-state index in [0.717, 1.165) is 32.6 Å². The summed E-state index contributed by atoms with van der Waals surface area (Å²) in [6.07, 6.45) is 2.06. The Morgan fingerprint density at radius 3 is 2.38 bits per heavy atom. The van der Waals surface area contributed by atoms with E-state index in [1.807, 2.05) is 48.5 Å². The van der Waals surface area contributed by atoms with E-state index in [1.165, 1.54) is 0 Å². The summed E-state index contributed by atoms with van der Waals surface area (Å²) in [6, 6.07) is 24.5. The van der Waals surface area contributed by atoms with Crippen LogP contribution < -0.4 is 4.74 Å². The van der Waals surface area contributed by atoms with Crippen LogP contribution in [0.25, 0.3) is 16.9 Å². The third kappa shape index (κ3) is 2.76. The van der Waals surface area contributed by atoms with Gasteiger partial charge in [0, 0.05) is 16.7 Å². The Kier molecular flexibility index (Phi) is 3.97. The van der Waals surface area contributed by atoms with E-state index in [1.54, 1.807) is 18.9 Å². The fourth-order valence-corrected chi connectivity index (χ4v) is 3.62. The van der Waals surface area contributed by atoms with E-state index in [9.17, 15) is 0 Å². The molecule has 0 aliphatic carbocycles. The van der Waals surface area contributed by atoms with Crippen molar-refractivity contribution in [2.24, 2.45) is 0 Å². The van der Waals surface area contributed by atoms with Gasteiger partial charge in [0.15, 0.2) is 0 Å². The van der Waals surface area contributed by atoms with Crippen LogP contribution in [0.2, 0.25) is 0 Å². The molecule has 4 heteroatoms. The molecule has 3 nitrogen and oxygen atoms in total. The van der Waals surface area contributed by atoms with Crippen molar-refractivity contribution in [3.8, 4) is 17.0 Å². The first-order valence-electron chi connectivity index (χ1n) is 7.69. The molecule has 0 saturated heterocycles. The molecule has 0 bridgehead atoms. The first-order chi connectivity index (χ1) is 11.8. The van der Waals surface area contributed by atoms with Crippen LogP contribution in [0, 0.1) is 0 Å². The van der Waals surface area contributed by atoms with Crippen LogP contribution in [0.3, 0.4) is 0 Å². The van der Waals surface area contributed by atoms with Crippen molar-refractivity contribution in [2.45, 2.75) is 9.92 Å². The number of benzene rings is 2. The highest BCUT2D eigenvalue weighted by Crippen LogP contribution is 2.36. The van der Waals surface area contributed by atoms with Gasteiger partial charge < -0.3 is 4.74 Å².